The molecule has 0 aliphatic heterocycles. The molecule has 1 fully saturated rings. The summed E-state index contributed by atoms with van der Waals surface area (Å²) in [6.07, 6.45) is 4.81. The minimum Gasteiger partial charge on any atom is -0.349 e. The third kappa shape index (κ3) is 1.98. The molecule has 14 heavy (non-hydrogen) atoms. The molecule has 76 valence electrons. The van der Waals surface area contributed by atoms with Crippen LogP contribution in [0.25, 0.3) is 0 Å². The van der Waals surface area contributed by atoms with E-state index in [4.69, 9.17) is 0 Å². The Morgan fingerprint density at radius 3 is 2.79 bits per heavy atom. The predicted octanol–water partition coefficient (Wildman–Crippen LogP) is 2.73. The molecule has 0 aromatic carbocycles. The van der Waals surface area contributed by atoms with E-state index in [1.54, 1.807) is 0 Å². The summed E-state index contributed by atoms with van der Waals surface area (Å²) in [6, 6.07) is 2.41. The van der Waals surface area contributed by atoms with Gasteiger partial charge in [-0.25, -0.2) is 0 Å². The first-order chi connectivity index (χ1) is 6.77. The van der Waals surface area contributed by atoms with Crippen LogP contribution in [0.4, 0.5) is 0 Å². The Bertz CT molecular complexity index is 326. The zero-order valence-electron chi connectivity index (χ0n) is 8.38. The molecule has 0 bridgehead atoms. The Hall–Kier alpha value is -0.830. The standard InChI is InChI=1S/C11H15NOS/c1-8-6-7-14-10(8)11(13)12-9-4-2-3-5-9/h6-7,9H,2-5H2,1H3,(H,12,13). The fourth-order valence-corrected chi connectivity index (χ4v) is 2.75. The van der Waals surface area contributed by atoms with E-state index in [0.29, 0.717) is 6.04 Å². The highest BCUT2D eigenvalue weighted by Gasteiger charge is 2.19. The number of nitrogens with one attached hydrogen (secondary N) is 1. The van der Waals surface area contributed by atoms with E-state index >= 15 is 0 Å². The predicted molar refractivity (Wildman–Crippen MR) is 58.8 cm³/mol. The molecular weight excluding hydrogens is 194 g/mol. The lowest BCUT2D eigenvalue weighted by Crippen LogP contribution is -2.32. The van der Waals surface area contributed by atoms with Crippen molar-refractivity contribution in [2.45, 2.75) is 38.6 Å². The number of aryl methyl sites for hydroxylation is 1. The van der Waals surface area contributed by atoms with Crippen LogP contribution in [0.3, 0.4) is 0 Å². The Kier molecular flexibility index (Phi) is 2.87. The smallest absolute Gasteiger partial charge is 0.261 e. The summed E-state index contributed by atoms with van der Waals surface area (Å²) in [5.41, 5.74) is 1.09. The second-order valence-electron chi connectivity index (χ2n) is 3.89. The van der Waals surface area contributed by atoms with Crippen molar-refractivity contribution in [2.75, 3.05) is 0 Å². The molecule has 3 heteroatoms. The quantitative estimate of drug-likeness (QED) is 0.797. The highest BCUT2D eigenvalue weighted by atomic mass is 32.1. The first-order valence-electron chi connectivity index (χ1n) is 5.12. The monoisotopic (exact) mass is 209 g/mol. The average molecular weight is 209 g/mol. The molecule has 1 aliphatic carbocycles. The van der Waals surface area contributed by atoms with E-state index < -0.39 is 0 Å². The van der Waals surface area contributed by atoms with E-state index in [2.05, 4.69) is 5.32 Å². The van der Waals surface area contributed by atoms with Crippen LogP contribution < -0.4 is 5.32 Å². The van der Waals surface area contributed by atoms with Gasteiger partial charge >= 0.3 is 0 Å². The molecular formula is C11H15NOS. The summed E-state index contributed by atoms with van der Waals surface area (Å²) in [4.78, 5) is 12.7. The van der Waals surface area contributed by atoms with Crippen LogP contribution in [0.1, 0.15) is 40.9 Å². The number of carbonyl (C=O) groups is 1. The third-order valence-corrected chi connectivity index (χ3v) is 3.77. The number of thiophene rings is 1. The van der Waals surface area contributed by atoms with Crippen LogP contribution in [0, 0.1) is 6.92 Å². The van der Waals surface area contributed by atoms with Gasteiger partial charge in [-0.2, -0.15) is 0 Å². The van der Waals surface area contributed by atoms with Crippen molar-refractivity contribution in [3.63, 3.8) is 0 Å². The maximum atomic E-state index is 11.8. The summed E-state index contributed by atoms with van der Waals surface area (Å²) in [5.74, 6) is 0.115. The second-order valence-corrected chi connectivity index (χ2v) is 4.80. The van der Waals surface area contributed by atoms with Gasteiger partial charge in [-0.3, -0.25) is 4.79 Å². The molecule has 0 saturated heterocycles. The number of amides is 1. The summed E-state index contributed by atoms with van der Waals surface area (Å²) >= 11 is 1.53. The summed E-state index contributed by atoms with van der Waals surface area (Å²) in [6.45, 7) is 1.99. The highest BCUT2D eigenvalue weighted by molar-refractivity contribution is 7.12. The summed E-state index contributed by atoms with van der Waals surface area (Å²) < 4.78 is 0. The van der Waals surface area contributed by atoms with Crippen molar-refractivity contribution in [3.05, 3.63) is 21.9 Å². The number of carbonyl (C=O) groups excluding carboxylic acids is 1. The van der Waals surface area contributed by atoms with Crippen LogP contribution in [0.2, 0.25) is 0 Å². The molecule has 1 aromatic heterocycles. The lowest BCUT2D eigenvalue weighted by atomic mass is 10.2. The molecule has 0 radical (unpaired) electrons. The molecule has 1 aliphatic rings. The Balaban J connectivity index is 1.98. The maximum absolute atomic E-state index is 11.8. The normalized spacial score (nSPS) is 17.2. The molecule has 1 amide bonds. The summed E-state index contributed by atoms with van der Waals surface area (Å²) in [7, 11) is 0. The van der Waals surface area contributed by atoms with Gasteiger partial charge < -0.3 is 5.32 Å². The molecule has 1 aromatic rings. The van der Waals surface area contributed by atoms with E-state index in [-0.39, 0.29) is 5.91 Å². The van der Waals surface area contributed by atoms with Crippen molar-refractivity contribution in [1.29, 1.82) is 0 Å². The van der Waals surface area contributed by atoms with Gasteiger partial charge in [0.2, 0.25) is 0 Å². The second kappa shape index (κ2) is 4.13. The number of rotatable bonds is 2. The van der Waals surface area contributed by atoms with E-state index in [1.165, 1.54) is 24.2 Å². The van der Waals surface area contributed by atoms with Gasteiger partial charge in [0.25, 0.3) is 5.91 Å². The molecule has 0 atom stereocenters. The van der Waals surface area contributed by atoms with Crippen LogP contribution >= 0.6 is 11.3 Å². The molecule has 0 unspecified atom stereocenters. The van der Waals surface area contributed by atoms with Gasteiger partial charge in [-0.15, -0.1) is 11.3 Å². The first-order valence-corrected chi connectivity index (χ1v) is 6.00. The van der Waals surface area contributed by atoms with Crippen LogP contribution in [0.5, 0.6) is 0 Å². The average Bonchev–Trinajstić information content (AvgIpc) is 2.75. The highest BCUT2D eigenvalue weighted by Crippen LogP contribution is 2.20. The van der Waals surface area contributed by atoms with Crippen LogP contribution in [0.15, 0.2) is 11.4 Å². The van der Waals surface area contributed by atoms with E-state index in [1.807, 2.05) is 18.4 Å². The molecule has 1 heterocycles. The fraction of sp³-hybridized carbons (Fsp3) is 0.545. The molecule has 1 N–H and O–H groups in total. The van der Waals surface area contributed by atoms with Gasteiger partial charge in [-0.05, 0) is 36.8 Å². The number of hydrogen-bond acceptors (Lipinski definition) is 2. The van der Waals surface area contributed by atoms with Crippen molar-refractivity contribution >= 4 is 17.2 Å². The SMILES string of the molecule is Cc1ccsc1C(=O)NC1CCCC1. The van der Waals surface area contributed by atoms with Crippen LogP contribution in [-0.2, 0) is 0 Å². The molecule has 2 rings (SSSR count). The Labute approximate surface area is 88.3 Å². The van der Waals surface area contributed by atoms with Gasteiger partial charge in [0.05, 0.1) is 4.88 Å². The van der Waals surface area contributed by atoms with Gasteiger partial charge in [0, 0.05) is 6.04 Å². The van der Waals surface area contributed by atoms with Crippen molar-refractivity contribution in [3.8, 4) is 0 Å². The third-order valence-electron chi connectivity index (χ3n) is 2.76. The van der Waals surface area contributed by atoms with Gasteiger partial charge in [0.1, 0.15) is 0 Å². The zero-order chi connectivity index (χ0) is 9.97. The van der Waals surface area contributed by atoms with E-state index in [9.17, 15) is 4.79 Å². The van der Waals surface area contributed by atoms with E-state index in [0.717, 1.165) is 23.3 Å². The summed E-state index contributed by atoms with van der Waals surface area (Å²) in [5, 5.41) is 5.06. The molecule has 1 saturated carbocycles. The minimum atomic E-state index is 0.115. The fourth-order valence-electron chi connectivity index (χ4n) is 1.93. The first kappa shape index (κ1) is 9.71. The molecule has 2 nitrogen and oxygen atoms in total. The maximum Gasteiger partial charge on any atom is 0.261 e. The number of hydrogen-bond donors (Lipinski definition) is 1. The van der Waals surface area contributed by atoms with Crippen molar-refractivity contribution < 1.29 is 4.79 Å². The minimum absolute atomic E-state index is 0.115. The van der Waals surface area contributed by atoms with Gasteiger partial charge in [-0.1, -0.05) is 12.8 Å². The molecule has 0 spiro atoms. The van der Waals surface area contributed by atoms with Crippen molar-refractivity contribution in [2.24, 2.45) is 0 Å². The van der Waals surface area contributed by atoms with Gasteiger partial charge in [0.15, 0.2) is 0 Å². The van der Waals surface area contributed by atoms with Crippen LogP contribution in [-0.4, -0.2) is 11.9 Å². The lowest BCUT2D eigenvalue weighted by molar-refractivity contribution is 0.0941. The van der Waals surface area contributed by atoms with Crippen molar-refractivity contribution in [1.82, 2.24) is 5.32 Å². The Morgan fingerprint density at radius 1 is 1.50 bits per heavy atom. The largest absolute Gasteiger partial charge is 0.349 e. The lowest BCUT2D eigenvalue weighted by Gasteiger charge is -2.10. The zero-order valence-corrected chi connectivity index (χ0v) is 9.19. The topological polar surface area (TPSA) is 29.1 Å². The Morgan fingerprint density at radius 2 is 2.21 bits per heavy atom.